The smallest absolute Gasteiger partial charge is 0.341 e. The van der Waals surface area contributed by atoms with Gasteiger partial charge in [-0.3, -0.25) is 4.79 Å². The van der Waals surface area contributed by atoms with Crippen molar-refractivity contribution >= 4 is 56.4 Å². The number of carbonyl (C=O) groups excluding carboxylic acids is 2. The van der Waals surface area contributed by atoms with Gasteiger partial charge >= 0.3 is 5.97 Å². The molecule has 3 rings (SSSR count). The number of hydrogen-bond acceptors (Lipinski definition) is 9. The van der Waals surface area contributed by atoms with Crippen LogP contribution in [-0.2, 0) is 22.4 Å². The average molecular weight is 385 g/mol. The van der Waals surface area contributed by atoms with E-state index in [-0.39, 0.29) is 11.7 Å². The fourth-order valence-electron chi connectivity index (χ4n) is 2.54. The molecule has 7 nitrogen and oxygen atoms in total. The van der Waals surface area contributed by atoms with E-state index in [4.69, 9.17) is 10.5 Å². The molecule has 0 saturated carbocycles. The number of nitrogens with one attached hydrogen (secondary N) is 1. The highest BCUT2D eigenvalue weighted by atomic mass is 32.2. The minimum atomic E-state index is -0.394. The normalized spacial score (nSPS) is 13.4. The fraction of sp³-hybridized carbons (Fsp3) is 0.429. The fourth-order valence-corrected chi connectivity index (χ4v) is 5.27. The number of thiophene rings is 1. The third kappa shape index (κ3) is 3.70. The van der Waals surface area contributed by atoms with Crippen LogP contribution in [0.5, 0.6) is 0 Å². The molecule has 128 valence electrons. The van der Waals surface area contributed by atoms with Crippen molar-refractivity contribution in [2.75, 3.05) is 23.9 Å². The van der Waals surface area contributed by atoms with Gasteiger partial charge < -0.3 is 15.8 Å². The number of ether oxygens (including phenoxy) is 1. The molecule has 0 saturated heterocycles. The molecule has 2 aromatic rings. The first kappa shape index (κ1) is 17.2. The van der Waals surface area contributed by atoms with Crippen LogP contribution in [0.1, 0.15) is 33.6 Å². The minimum absolute atomic E-state index is 0.178. The Kier molecular flexibility index (Phi) is 5.36. The molecule has 0 bridgehead atoms. The van der Waals surface area contributed by atoms with Crippen molar-refractivity contribution in [2.24, 2.45) is 0 Å². The van der Waals surface area contributed by atoms with Crippen LogP contribution in [-0.4, -0.2) is 34.9 Å². The van der Waals surface area contributed by atoms with E-state index in [2.05, 4.69) is 15.5 Å². The second kappa shape index (κ2) is 7.49. The van der Waals surface area contributed by atoms with Crippen LogP contribution >= 0.6 is 34.4 Å². The summed E-state index contributed by atoms with van der Waals surface area (Å²) in [4.78, 5) is 25.5. The number of methoxy groups -OCH3 is 1. The molecule has 0 aliphatic heterocycles. The predicted molar refractivity (Wildman–Crippen MR) is 96.0 cm³/mol. The van der Waals surface area contributed by atoms with Gasteiger partial charge in [-0.05, 0) is 31.2 Å². The zero-order chi connectivity index (χ0) is 17.1. The van der Waals surface area contributed by atoms with E-state index in [1.807, 2.05) is 0 Å². The lowest BCUT2D eigenvalue weighted by Gasteiger charge is -2.11. The summed E-state index contributed by atoms with van der Waals surface area (Å²) in [6.07, 6.45) is 3.95. The number of amides is 1. The third-order valence-corrected chi connectivity index (χ3v) is 6.66. The van der Waals surface area contributed by atoms with Crippen molar-refractivity contribution in [3.8, 4) is 0 Å². The lowest BCUT2D eigenvalue weighted by molar-refractivity contribution is -0.113. The zero-order valence-corrected chi connectivity index (χ0v) is 15.4. The van der Waals surface area contributed by atoms with E-state index in [0.29, 0.717) is 20.0 Å². The Labute approximate surface area is 151 Å². The third-order valence-electron chi connectivity index (χ3n) is 3.56. The van der Waals surface area contributed by atoms with Crippen molar-refractivity contribution in [1.82, 2.24) is 10.2 Å². The van der Waals surface area contributed by atoms with Gasteiger partial charge in [0.2, 0.25) is 11.0 Å². The molecule has 0 unspecified atom stereocenters. The number of nitrogens with two attached hydrogens (primary N) is 1. The quantitative estimate of drug-likeness (QED) is 0.602. The van der Waals surface area contributed by atoms with E-state index in [0.717, 1.165) is 31.2 Å². The largest absolute Gasteiger partial charge is 0.465 e. The molecule has 10 heteroatoms. The molecule has 3 N–H and O–H groups in total. The Balaban J connectivity index is 1.72. The molecule has 0 spiro atoms. The van der Waals surface area contributed by atoms with Gasteiger partial charge in [0, 0.05) is 4.88 Å². The molecule has 0 radical (unpaired) electrons. The van der Waals surface area contributed by atoms with Crippen molar-refractivity contribution in [3.05, 3.63) is 16.0 Å². The number of hydrogen-bond donors (Lipinski definition) is 2. The highest BCUT2D eigenvalue weighted by molar-refractivity contribution is 8.01. The van der Waals surface area contributed by atoms with Crippen molar-refractivity contribution in [1.29, 1.82) is 0 Å². The molecule has 0 fully saturated rings. The van der Waals surface area contributed by atoms with Gasteiger partial charge in [0.25, 0.3) is 0 Å². The number of aromatic nitrogens is 2. The van der Waals surface area contributed by atoms with E-state index < -0.39 is 5.97 Å². The first-order valence-corrected chi connectivity index (χ1v) is 9.95. The topological polar surface area (TPSA) is 107 Å². The Hall–Kier alpha value is -1.65. The Morgan fingerprint density at radius 2 is 2.08 bits per heavy atom. The highest BCUT2D eigenvalue weighted by Gasteiger charge is 2.26. The minimum Gasteiger partial charge on any atom is -0.465 e. The summed E-state index contributed by atoms with van der Waals surface area (Å²) in [6, 6.07) is 0. The summed E-state index contributed by atoms with van der Waals surface area (Å²) >= 11 is 3.97. The van der Waals surface area contributed by atoms with Gasteiger partial charge in [-0.25, -0.2) is 4.79 Å². The molecule has 0 aromatic carbocycles. The van der Waals surface area contributed by atoms with Gasteiger partial charge in [-0.2, -0.15) is 0 Å². The number of carbonyl (C=O) groups is 2. The van der Waals surface area contributed by atoms with Crippen molar-refractivity contribution in [2.45, 2.75) is 30.0 Å². The number of fused-ring (bicyclic) bond motifs is 1. The second-order valence-corrected chi connectivity index (χ2v) is 8.49. The molecule has 2 heterocycles. The summed E-state index contributed by atoms with van der Waals surface area (Å²) in [5.41, 5.74) is 7.05. The second-order valence-electron chi connectivity index (χ2n) is 5.15. The van der Waals surface area contributed by atoms with Gasteiger partial charge in [0.05, 0.1) is 18.4 Å². The van der Waals surface area contributed by atoms with Crippen LogP contribution in [0, 0.1) is 0 Å². The number of esters is 1. The first-order valence-electron chi connectivity index (χ1n) is 7.33. The van der Waals surface area contributed by atoms with Crippen LogP contribution in [0.3, 0.4) is 0 Å². The van der Waals surface area contributed by atoms with E-state index >= 15 is 0 Å². The number of rotatable bonds is 5. The molecule has 24 heavy (non-hydrogen) atoms. The molecular weight excluding hydrogens is 368 g/mol. The maximum atomic E-state index is 12.2. The Bertz CT molecular complexity index is 771. The molecule has 0 atom stereocenters. The first-order chi connectivity index (χ1) is 11.6. The number of aryl methyl sites for hydroxylation is 1. The summed E-state index contributed by atoms with van der Waals surface area (Å²) in [7, 11) is 1.36. The number of anilines is 2. The monoisotopic (exact) mass is 384 g/mol. The molecule has 2 aromatic heterocycles. The molecule has 1 aliphatic rings. The summed E-state index contributed by atoms with van der Waals surface area (Å²) in [5, 5.41) is 11.4. The van der Waals surface area contributed by atoms with Crippen LogP contribution in [0.15, 0.2) is 4.34 Å². The standard InChI is InChI=1S/C14H16N4O3S3/c1-21-12(20)10-7-4-2-3-5-8(7)23-11(10)16-9(19)6-22-14-18-17-13(15)24-14/h2-6H2,1H3,(H2,15,17)(H,16,19). The van der Waals surface area contributed by atoms with Crippen molar-refractivity contribution < 1.29 is 14.3 Å². The van der Waals surface area contributed by atoms with Gasteiger partial charge in [-0.1, -0.05) is 23.1 Å². The Morgan fingerprint density at radius 3 is 2.79 bits per heavy atom. The zero-order valence-electron chi connectivity index (χ0n) is 13.0. The van der Waals surface area contributed by atoms with Crippen LogP contribution in [0.2, 0.25) is 0 Å². The van der Waals surface area contributed by atoms with E-state index in [1.165, 1.54) is 46.4 Å². The summed E-state index contributed by atoms with van der Waals surface area (Å²) < 4.78 is 5.54. The van der Waals surface area contributed by atoms with Crippen LogP contribution in [0.25, 0.3) is 0 Å². The summed E-state index contributed by atoms with van der Waals surface area (Å²) in [6.45, 7) is 0. The molecular formula is C14H16N4O3S3. The van der Waals surface area contributed by atoms with Gasteiger partial charge in [-0.15, -0.1) is 21.5 Å². The Morgan fingerprint density at radius 1 is 1.29 bits per heavy atom. The predicted octanol–water partition coefficient (Wildman–Crippen LogP) is 2.58. The lowest BCUT2D eigenvalue weighted by Crippen LogP contribution is -2.16. The maximum Gasteiger partial charge on any atom is 0.341 e. The maximum absolute atomic E-state index is 12.2. The van der Waals surface area contributed by atoms with Crippen LogP contribution in [0.4, 0.5) is 10.1 Å². The summed E-state index contributed by atoms with van der Waals surface area (Å²) in [5.74, 6) is -0.413. The SMILES string of the molecule is COC(=O)c1c(NC(=O)CSc2nnc(N)s2)sc2c1CCCC2. The number of nitrogen functional groups attached to an aromatic ring is 1. The van der Waals surface area contributed by atoms with E-state index in [9.17, 15) is 9.59 Å². The molecule has 1 aliphatic carbocycles. The van der Waals surface area contributed by atoms with E-state index in [1.54, 1.807) is 0 Å². The van der Waals surface area contributed by atoms with Crippen LogP contribution < -0.4 is 11.1 Å². The molecule has 1 amide bonds. The lowest BCUT2D eigenvalue weighted by atomic mass is 9.95. The average Bonchev–Trinajstić information content (AvgIpc) is 3.15. The van der Waals surface area contributed by atoms with Crippen molar-refractivity contribution in [3.63, 3.8) is 0 Å². The number of thioether (sulfide) groups is 1. The highest BCUT2D eigenvalue weighted by Crippen LogP contribution is 2.38. The van der Waals surface area contributed by atoms with Gasteiger partial charge in [0.15, 0.2) is 4.34 Å². The number of nitrogens with zero attached hydrogens (tertiary/aromatic N) is 2. The van der Waals surface area contributed by atoms with Gasteiger partial charge in [0.1, 0.15) is 5.00 Å².